The predicted molar refractivity (Wildman–Crippen MR) is 91.8 cm³/mol. The Morgan fingerprint density at radius 3 is 2.52 bits per heavy atom. The van der Waals surface area contributed by atoms with E-state index in [0.717, 1.165) is 29.7 Å². The molecule has 0 aromatic heterocycles. The molecule has 0 bridgehead atoms. The zero-order valence-corrected chi connectivity index (χ0v) is 14.9. The fraction of sp³-hybridized carbons (Fsp3) is 0.632. The molecule has 1 aliphatic rings. The molecule has 1 aromatic rings. The minimum absolute atomic E-state index is 0.0208. The third-order valence-electron chi connectivity index (χ3n) is 4.39. The largest absolute Gasteiger partial charge is 0.491 e. The summed E-state index contributed by atoms with van der Waals surface area (Å²) >= 11 is 0. The average Bonchev–Trinajstić information content (AvgIpc) is 2.98. The Labute approximate surface area is 139 Å². The molecule has 4 nitrogen and oxygen atoms in total. The topological polar surface area (TPSA) is 47.6 Å². The molecule has 1 aliphatic heterocycles. The summed E-state index contributed by atoms with van der Waals surface area (Å²) in [6.45, 7) is 11.5. The van der Waals surface area contributed by atoms with Gasteiger partial charge >= 0.3 is 0 Å². The van der Waals surface area contributed by atoms with Crippen LogP contribution in [0.2, 0.25) is 0 Å². The van der Waals surface area contributed by atoms with Gasteiger partial charge in [-0.25, -0.2) is 0 Å². The maximum absolute atomic E-state index is 12.4. The second-order valence-electron chi connectivity index (χ2n) is 7.46. The lowest BCUT2D eigenvalue weighted by Crippen LogP contribution is -2.50. The number of rotatable bonds is 5. The minimum atomic E-state index is -0.306. The molecule has 0 aliphatic carbocycles. The van der Waals surface area contributed by atoms with Gasteiger partial charge in [-0.2, -0.15) is 0 Å². The predicted octanol–water partition coefficient (Wildman–Crippen LogP) is 3.39. The third kappa shape index (κ3) is 4.71. The van der Waals surface area contributed by atoms with E-state index in [9.17, 15) is 4.79 Å². The van der Waals surface area contributed by atoms with E-state index in [4.69, 9.17) is 9.47 Å². The van der Waals surface area contributed by atoms with Crippen LogP contribution in [-0.2, 0) is 9.53 Å². The highest BCUT2D eigenvalue weighted by Crippen LogP contribution is 2.25. The maximum atomic E-state index is 12.4. The Morgan fingerprint density at radius 1 is 1.35 bits per heavy atom. The molecule has 0 saturated carbocycles. The van der Waals surface area contributed by atoms with Crippen LogP contribution in [0.15, 0.2) is 18.2 Å². The van der Waals surface area contributed by atoms with Crippen molar-refractivity contribution in [3.8, 4) is 5.75 Å². The monoisotopic (exact) mass is 319 g/mol. The van der Waals surface area contributed by atoms with Crippen molar-refractivity contribution in [2.24, 2.45) is 5.41 Å². The number of hydrogen-bond donors (Lipinski definition) is 1. The maximum Gasteiger partial charge on any atom is 0.249 e. The molecule has 0 unspecified atom stereocenters. The standard InChI is InChI=1S/C19H29NO3/c1-13-8-6-9-14(2)17(13)23-12-16(19(3,4)5)20-18(21)15-10-7-11-22-15/h6,8-9,15-16H,7,10-12H2,1-5H3,(H,20,21)/t15-,16+/m0/s1. The Morgan fingerprint density at radius 2 is 2.00 bits per heavy atom. The van der Waals surface area contributed by atoms with Crippen LogP contribution >= 0.6 is 0 Å². The number of ether oxygens (including phenoxy) is 2. The summed E-state index contributed by atoms with van der Waals surface area (Å²) < 4.78 is 11.5. The number of carbonyl (C=O) groups is 1. The molecule has 1 heterocycles. The van der Waals surface area contributed by atoms with E-state index in [-0.39, 0.29) is 23.5 Å². The smallest absolute Gasteiger partial charge is 0.249 e. The minimum Gasteiger partial charge on any atom is -0.491 e. The Kier molecular flexibility index (Phi) is 5.69. The second-order valence-corrected chi connectivity index (χ2v) is 7.46. The quantitative estimate of drug-likeness (QED) is 0.905. The van der Waals surface area contributed by atoms with Crippen molar-refractivity contribution in [2.75, 3.05) is 13.2 Å². The van der Waals surface area contributed by atoms with Gasteiger partial charge in [-0.15, -0.1) is 0 Å². The summed E-state index contributed by atoms with van der Waals surface area (Å²) in [6, 6.07) is 6.04. The van der Waals surface area contributed by atoms with E-state index in [2.05, 4.69) is 26.1 Å². The molecule has 128 valence electrons. The van der Waals surface area contributed by atoms with Crippen molar-refractivity contribution in [1.82, 2.24) is 5.32 Å². The highest BCUT2D eigenvalue weighted by atomic mass is 16.5. The fourth-order valence-corrected chi connectivity index (χ4v) is 2.75. The van der Waals surface area contributed by atoms with E-state index in [0.29, 0.717) is 13.2 Å². The Hall–Kier alpha value is -1.55. The summed E-state index contributed by atoms with van der Waals surface area (Å²) in [4.78, 5) is 12.4. The lowest BCUT2D eigenvalue weighted by Gasteiger charge is -2.32. The van der Waals surface area contributed by atoms with Gasteiger partial charge in [-0.1, -0.05) is 39.0 Å². The summed E-state index contributed by atoms with van der Waals surface area (Å²) in [7, 11) is 0. The zero-order valence-electron chi connectivity index (χ0n) is 14.9. The van der Waals surface area contributed by atoms with Crippen LogP contribution in [0, 0.1) is 19.3 Å². The molecular formula is C19H29NO3. The second kappa shape index (κ2) is 7.35. The molecule has 23 heavy (non-hydrogen) atoms. The summed E-state index contributed by atoms with van der Waals surface area (Å²) in [5.41, 5.74) is 2.14. The summed E-state index contributed by atoms with van der Waals surface area (Å²) in [6.07, 6.45) is 1.46. The van der Waals surface area contributed by atoms with Gasteiger partial charge in [0.1, 0.15) is 18.5 Å². The highest BCUT2D eigenvalue weighted by Gasteiger charge is 2.31. The van der Waals surface area contributed by atoms with Crippen molar-refractivity contribution < 1.29 is 14.3 Å². The van der Waals surface area contributed by atoms with Gasteiger partial charge in [0.25, 0.3) is 0 Å². The lowest BCUT2D eigenvalue weighted by atomic mass is 9.87. The van der Waals surface area contributed by atoms with Crippen LogP contribution in [0.4, 0.5) is 0 Å². The normalized spacial score (nSPS) is 19.4. The number of nitrogens with one attached hydrogen (secondary N) is 1. The number of carbonyl (C=O) groups excluding carboxylic acids is 1. The van der Waals surface area contributed by atoms with E-state index < -0.39 is 0 Å². The van der Waals surface area contributed by atoms with Gasteiger partial charge in [0.05, 0.1) is 6.04 Å². The van der Waals surface area contributed by atoms with E-state index in [1.807, 2.05) is 32.0 Å². The molecule has 1 aromatic carbocycles. The first-order valence-corrected chi connectivity index (χ1v) is 8.40. The van der Waals surface area contributed by atoms with Crippen LogP contribution in [0.25, 0.3) is 0 Å². The number of aryl methyl sites for hydroxylation is 2. The van der Waals surface area contributed by atoms with Crippen molar-refractivity contribution >= 4 is 5.91 Å². The van der Waals surface area contributed by atoms with Gasteiger partial charge < -0.3 is 14.8 Å². The van der Waals surface area contributed by atoms with Crippen LogP contribution in [0.1, 0.15) is 44.7 Å². The summed E-state index contributed by atoms with van der Waals surface area (Å²) in [5.74, 6) is 0.889. The molecule has 1 amide bonds. The lowest BCUT2D eigenvalue weighted by molar-refractivity contribution is -0.131. The average molecular weight is 319 g/mol. The first kappa shape index (κ1) is 17.8. The molecule has 4 heteroatoms. The van der Waals surface area contributed by atoms with Crippen molar-refractivity contribution in [3.63, 3.8) is 0 Å². The Bertz CT molecular complexity index is 522. The van der Waals surface area contributed by atoms with Gasteiger partial charge in [0.15, 0.2) is 0 Å². The van der Waals surface area contributed by atoms with Crippen LogP contribution in [-0.4, -0.2) is 31.3 Å². The van der Waals surface area contributed by atoms with Gasteiger partial charge in [0, 0.05) is 6.61 Å². The highest BCUT2D eigenvalue weighted by molar-refractivity contribution is 5.81. The summed E-state index contributed by atoms with van der Waals surface area (Å²) in [5, 5.41) is 3.12. The van der Waals surface area contributed by atoms with Crippen molar-refractivity contribution in [2.45, 2.75) is 59.6 Å². The van der Waals surface area contributed by atoms with E-state index in [1.54, 1.807) is 0 Å². The molecule has 0 radical (unpaired) electrons. The third-order valence-corrected chi connectivity index (χ3v) is 4.39. The number of hydrogen-bond acceptors (Lipinski definition) is 3. The van der Waals surface area contributed by atoms with E-state index in [1.165, 1.54) is 0 Å². The zero-order chi connectivity index (χ0) is 17.0. The fourth-order valence-electron chi connectivity index (χ4n) is 2.75. The molecule has 1 N–H and O–H groups in total. The van der Waals surface area contributed by atoms with Crippen LogP contribution < -0.4 is 10.1 Å². The first-order chi connectivity index (χ1) is 10.8. The number of benzene rings is 1. The molecule has 0 spiro atoms. The van der Waals surface area contributed by atoms with Crippen molar-refractivity contribution in [3.05, 3.63) is 29.3 Å². The molecule has 1 fully saturated rings. The van der Waals surface area contributed by atoms with Crippen LogP contribution in [0.5, 0.6) is 5.75 Å². The number of amides is 1. The molecule has 2 rings (SSSR count). The molecular weight excluding hydrogens is 290 g/mol. The Balaban J connectivity index is 2.03. The van der Waals surface area contributed by atoms with Gasteiger partial charge in [-0.05, 0) is 43.2 Å². The van der Waals surface area contributed by atoms with Crippen LogP contribution in [0.3, 0.4) is 0 Å². The van der Waals surface area contributed by atoms with Gasteiger partial charge in [0.2, 0.25) is 5.91 Å². The molecule has 2 atom stereocenters. The van der Waals surface area contributed by atoms with Crippen molar-refractivity contribution in [1.29, 1.82) is 0 Å². The van der Waals surface area contributed by atoms with Gasteiger partial charge in [-0.3, -0.25) is 4.79 Å². The molecule has 1 saturated heterocycles. The SMILES string of the molecule is Cc1cccc(C)c1OC[C@@H](NC(=O)[C@@H]1CCCO1)C(C)(C)C. The first-order valence-electron chi connectivity index (χ1n) is 8.40. The number of para-hydroxylation sites is 1. The van der Waals surface area contributed by atoms with E-state index >= 15 is 0 Å².